The van der Waals surface area contributed by atoms with Gasteiger partial charge in [-0.15, -0.1) is 0 Å². The van der Waals surface area contributed by atoms with Crippen molar-refractivity contribution in [1.29, 1.82) is 0 Å². The number of fused-ring (bicyclic) bond motifs is 9. The van der Waals surface area contributed by atoms with Gasteiger partial charge in [0.1, 0.15) is 0 Å². The van der Waals surface area contributed by atoms with E-state index in [4.69, 9.17) is 0 Å². The van der Waals surface area contributed by atoms with Crippen LogP contribution >= 0.6 is 0 Å². The number of hydrogen-bond acceptors (Lipinski definition) is 2. The van der Waals surface area contributed by atoms with Gasteiger partial charge in [0.15, 0.2) is 0 Å². The van der Waals surface area contributed by atoms with Crippen LogP contribution in [0.4, 0.5) is 22.7 Å². The van der Waals surface area contributed by atoms with E-state index >= 15 is 0 Å². The van der Waals surface area contributed by atoms with Crippen LogP contribution in [0.2, 0.25) is 0 Å². The summed E-state index contributed by atoms with van der Waals surface area (Å²) in [6, 6.07) is 75.0. The zero-order valence-corrected chi connectivity index (χ0v) is 44.4. The summed E-state index contributed by atoms with van der Waals surface area (Å²) in [6.45, 7) is 19.8. The number of anilines is 4. The normalized spacial score (nSPS) is 24.5. The lowest BCUT2D eigenvalue weighted by Crippen LogP contribution is -2.48. The van der Waals surface area contributed by atoms with E-state index in [0.29, 0.717) is 23.7 Å². The molecule has 6 unspecified atom stereocenters. The molecule has 0 saturated heterocycles. The predicted molar refractivity (Wildman–Crippen MR) is 308 cm³/mol. The SMILES string of the molecule is CC(C)(C)C1CCC2(C)C(C1)c1cc(-c3ccc4c(c3)C(c3ccccc3)(c3ccccc3)c3cc(-c5ccc6c(c5)C5CC(C(C)(C)C)CCC5(C)N6c5ccccc5)ccc3-4)ccc1N2c1ccccc1. The maximum Gasteiger partial charge on any atom is 0.0713 e. The van der Waals surface area contributed by atoms with Crippen LogP contribution in [0.5, 0.6) is 0 Å². The highest BCUT2D eigenvalue weighted by atomic mass is 15.2. The maximum atomic E-state index is 2.71. The third-order valence-corrected chi connectivity index (χ3v) is 19.5. The molecule has 2 aliphatic heterocycles. The van der Waals surface area contributed by atoms with Crippen LogP contribution in [0.15, 0.2) is 194 Å². The van der Waals surface area contributed by atoms with Crippen molar-refractivity contribution in [3.8, 4) is 33.4 Å². The maximum absolute atomic E-state index is 2.71. The first kappa shape index (κ1) is 46.2. The van der Waals surface area contributed by atoms with Gasteiger partial charge in [0.05, 0.1) is 5.41 Å². The molecule has 0 spiro atoms. The van der Waals surface area contributed by atoms with Crippen molar-refractivity contribution in [2.24, 2.45) is 22.7 Å². The summed E-state index contributed by atoms with van der Waals surface area (Å²) in [5, 5.41) is 0. The van der Waals surface area contributed by atoms with Crippen LogP contribution in [-0.2, 0) is 5.41 Å². The van der Waals surface area contributed by atoms with Gasteiger partial charge in [-0.1, -0.05) is 175 Å². The highest BCUT2D eigenvalue weighted by molar-refractivity contribution is 5.91. The monoisotopic (exact) mass is 953 g/mol. The standard InChI is InChI=1S/C71H72N2/c1-67(2,3)53-37-39-69(7)61(45-53)59-41-47(31-35-65(59)72(69)55-25-17-11-18-26-55)49-29-33-57-58-34-30-50(44-64(58)71(63(57)43-49,51-21-13-9-14-22-51)52-23-15-10-16-24-52)48-32-36-66-60(42-48)62-46-54(68(4,5)6)38-40-70(62,8)73(66)56-27-19-12-20-28-56/h9-36,41-44,53-54,61-62H,37-40,45-46H2,1-8H3. The van der Waals surface area contributed by atoms with Crippen LogP contribution in [0.1, 0.15) is 139 Å². The molecule has 366 valence electrons. The second kappa shape index (κ2) is 16.7. The van der Waals surface area contributed by atoms with Gasteiger partial charge in [0, 0.05) is 45.7 Å². The number of benzene rings is 8. The molecule has 0 aromatic heterocycles. The minimum atomic E-state index is -0.537. The lowest BCUT2D eigenvalue weighted by molar-refractivity contribution is 0.127. The zero-order valence-electron chi connectivity index (χ0n) is 44.4. The smallest absolute Gasteiger partial charge is 0.0713 e. The third kappa shape index (κ3) is 7.02. The molecule has 13 rings (SSSR count). The van der Waals surface area contributed by atoms with E-state index in [1.54, 1.807) is 0 Å². The Labute approximate surface area is 436 Å². The topological polar surface area (TPSA) is 6.48 Å². The van der Waals surface area contributed by atoms with Crippen LogP contribution in [0, 0.1) is 22.7 Å². The average molecular weight is 953 g/mol. The quantitative estimate of drug-likeness (QED) is 0.164. The number of nitrogens with zero attached hydrogens (tertiary/aromatic N) is 2. The summed E-state index contributed by atoms with van der Waals surface area (Å²) in [5.74, 6) is 2.23. The molecule has 0 radical (unpaired) electrons. The molecule has 6 atom stereocenters. The summed E-state index contributed by atoms with van der Waals surface area (Å²) >= 11 is 0. The molecular formula is C71H72N2. The minimum absolute atomic E-state index is 0.0160. The second-order valence-corrected chi connectivity index (χ2v) is 25.4. The van der Waals surface area contributed by atoms with Gasteiger partial charge in [-0.25, -0.2) is 0 Å². The Balaban J connectivity index is 0.964. The van der Waals surface area contributed by atoms with Gasteiger partial charge < -0.3 is 9.80 Å². The molecule has 3 aliphatic carbocycles. The van der Waals surface area contributed by atoms with E-state index in [1.807, 2.05) is 0 Å². The average Bonchev–Trinajstić information content (AvgIpc) is 3.95. The molecule has 8 aromatic carbocycles. The van der Waals surface area contributed by atoms with Crippen molar-refractivity contribution in [3.63, 3.8) is 0 Å². The first-order valence-electron chi connectivity index (χ1n) is 27.6. The Kier molecular flexibility index (Phi) is 10.6. The van der Waals surface area contributed by atoms with Crippen LogP contribution in [0.3, 0.4) is 0 Å². The fourth-order valence-corrected chi connectivity index (χ4v) is 15.5. The Morgan fingerprint density at radius 1 is 0.397 bits per heavy atom. The summed E-state index contributed by atoms with van der Waals surface area (Å²) in [5.41, 5.74) is 21.5. The predicted octanol–water partition coefficient (Wildman–Crippen LogP) is 19.1. The molecule has 2 nitrogen and oxygen atoms in total. The van der Waals surface area contributed by atoms with Crippen molar-refractivity contribution in [2.45, 2.75) is 122 Å². The molecule has 2 saturated carbocycles. The van der Waals surface area contributed by atoms with Crippen LogP contribution in [-0.4, -0.2) is 11.1 Å². The lowest BCUT2D eigenvalue weighted by atomic mass is 9.62. The summed E-state index contributed by atoms with van der Waals surface area (Å²) in [6.07, 6.45) is 7.30. The fourth-order valence-electron chi connectivity index (χ4n) is 15.5. The minimum Gasteiger partial charge on any atom is -0.335 e. The molecule has 5 aliphatic rings. The Bertz CT molecular complexity index is 3150. The van der Waals surface area contributed by atoms with E-state index in [0.717, 1.165) is 0 Å². The van der Waals surface area contributed by atoms with Crippen molar-refractivity contribution >= 4 is 22.7 Å². The Morgan fingerprint density at radius 3 is 1.11 bits per heavy atom. The van der Waals surface area contributed by atoms with E-state index < -0.39 is 5.41 Å². The molecule has 8 aromatic rings. The molecule has 0 bridgehead atoms. The highest BCUT2D eigenvalue weighted by Crippen LogP contribution is 2.64. The molecule has 2 heterocycles. The van der Waals surface area contributed by atoms with Gasteiger partial charge in [-0.2, -0.15) is 0 Å². The van der Waals surface area contributed by atoms with Gasteiger partial charge >= 0.3 is 0 Å². The molecule has 2 heteroatoms. The van der Waals surface area contributed by atoms with Crippen LogP contribution < -0.4 is 9.80 Å². The fraction of sp³-hybridized carbons (Fsp3) is 0.324. The van der Waals surface area contributed by atoms with Gasteiger partial charge in [0.2, 0.25) is 0 Å². The van der Waals surface area contributed by atoms with E-state index in [-0.39, 0.29) is 21.9 Å². The summed E-state index contributed by atoms with van der Waals surface area (Å²) < 4.78 is 0. The Hall–Kier alpha value is -6.64. The van der Waals surface area contributed by atoms with E-state index in [9.17, 15) is 0 Å². The van der Waals surface area contributed by atoms with Crippen molar-refractivity contribution in [2.75, 3.05) is 9.80 Å². The molecule has 73 heavy (non-hydrogen) atoms. The van der Waals surface area contributed by atoms with E-state index in [2.05, 4.69) is 259 Å². The van der Waals surface area contributed by atoms with Crippen molar-refractivity contribution in [3.05, 3.63) is 228 Å². The van der Waals surface area contributed by atoms with Crippen molar-refractivity contribution < 1.29 is 0 Å². The molecule has 0 N–H and O–H groups in total. The van der Waals surface area contributed by atoms with Gasteiger partial charge in [0.25, 0.3) is 0 Å². The second-order valence-electron chi connectivity index (χ2n) is 25.4. The molecular weight excluding hydrogens is 881 g/mol. The zero-order chi connectivity index (χ0) is 50.1. The Morgan fingerprint density at radius 2 is 0.740 bits per heavy atom. The number of para-hydroxylation sites is 2. The third-order valence-electron chi connectivity index (χ3n) is 19.5. The number of hydrogen-bond donors (Lipinski definition) is 0. The number of rotatable bonds is 6. The summed E-state index contributed by atoms with van der Waals surface area (Å²) in [4.78, 5) is 5.41. The van der Waals surface area contributed by atoms with E-state index in [1.165, 1.54) is 128 Å². The largest absolute Gasteiger partial charge is 0.335 e. The first-order chi connectivity index (χ1) is 35.2. The summed E-state index contributed by atoms with van der Waals surface area (Å²) in [7, 11) is 0. The highest BCUT2D eigenvalue weighted by Gasteiger charge is 2.55. The lowest BCUT2D eigenvalue weighted by Gasteiger charge is -2.49. The molecule has 0 amide bonds. The molecule has 2 fully saturated rings. The first-order valence-corrected chi connectivity index (χ1v) is 27.6. The van der Waals surface area contributed by atoms with Crippen LogP contribution in [0.25, 0.3) is 33.4 Å². The van der Waals surface area contributed by atoms with Crippen molar-refractivity contribution in [1.82, 2.24) is 0 Å². The van der Waals surface area contributed by atoms with Gasteiger partial charge in [-0.3, -0.25) is 0 Å². The van der Waals surface area contributed by atoms with Gasteiger partial charge in [-0.05, 0) is 202 Å².